The van der Waals surface area contributed by atoms with Gasteiger partial charge in [-0.15, -0.1) is 0 Å². The molecule has 0 amide bonds. The molecule has 70 valence electrons. The van der Waals surface area contributed by atoms with Crippen molar-refractivity contribution in [2.45, 2.75) is 37.5 Å². The van der Waals surface area contributed by atoms with Gasteiger partial charge >= 0.3 is 0 Å². The van der Waals surface area contributed by atoms with E-state index in [1.165, 1.54) is 32.4 Å². The third-order valence-electron chi connectivity index (χ3n) is 3.46. The zero-order chi connectivity index (χ0) is 8.55. The number of rotatable bonds is 1. The molecule has 0 spiro atoms. The lowest BCUT2D eigenvalue weighted by Gasteiger charge is -2.38. The number of nitrogens with zero attached hydrogens (tertiary/aromatic N) is 1. The molecule has 3 unspecified atom stereocenters. The fourth-order valence-corrected chi connectivity index (χ4v) is 3.68. The van der Waals surface area contributed by atoms with E-state index in [4.69, 9.17) is 0 Å². The van der Waals surface area contributed by atoms with Crippen molar-refractivity contribution in [1.29, 1.82) is 0 Å². The normalized spacial score (nSPS) is 43.0. The third kappa shape index (κ3) is 1.51. The van der Waals surface area contributed by atoms with Gasteiger partial charge in [0.2, 0.25) is 0 Å². The molecule has 3 atom stereocenters. The molecular weight excluding hydrogens is 166 g/mol. The Labute approximate surface area is 79.9 Å². The first-order valence-corrected chi connectivity index (χ1v) is 6.37. The number of thioether (sulfide) groups is 1. The highest BCUT2D eigenvalue weighted by Gasteiger charge is 2.35. The molecule has 2 rings (SSSR count). The van der Waals surface area contributed by atoms with Crippen LogP contribution in [0.15, 0.2) is 0 Å². The van der Waals surface area contributed by atoms with Crippen LogP contribution in [0.5, 0.6) is 0 Å². The maximum Gasteiger partial charge on any atom is 0.0106 e. The summed E-state index contributed by atoms with van der Waals surface area (Å²) >= 11 is 2.08. The van der Waals surface area contributed by atoms with E-state index in [-0.39, 0.29) is 0 Å². The zero-order valence-electron chi connectivity index (χ0n) is 8.12. The molecule has 2 heterocycles. The Morgan fingerprint density at radius 3 is 3.00 bits per heavy atom. The van der Waals surface area contributed by atoms with Crippen LogP contribution < -0.4 is 0 Å². The molecule has 0 aromatic heterocycles. The topological polar surface area (TPSA) is 3.24 Å². The minimum absolute atomic E-state index is 0.911. The van der Waals surface area contributed by atoms with Gasteiger partial charge < -0.3 is 4.90 Å². The first-order chi connectivity index (χ1) is 5.81. The fraction of sp³-hybridized carbons (Fsp3) is 1.00. The summed E-state index contributed by atoms with van der Waals surface area (Å²) < 4.78 is 0. The predicted molar refractivity (Wildman–Crippen MR) is 55.7 cm³/mol. The van der Waals surface area contributed by atoms with Gasteiger partial charge in [0.05, 0.1) is 0 Å². The Morgan fingerprint density at radius 1 is 1.42 bits per heavy atom. The zero-order valence-corrected chi connectivity index (χ0v) is 8.94. The molecule has 2 aliphatic rings. The quantitative estimate of drug-likeness (QED) is 0.616. The molecule has 12 heavy (non-hydrogen) atoms. The minimum atomic E-state index is 0.911. The van der Waals surface area contributed by atoms with Gasteiger partial charge in [-0.3, -0.25) is 0 Å². The van der Waals surface area contributed by atoms with E-state index < -0.39 is 0 Å². The second-order valence-corrected chi connectivity index (χ2v) is 5.36. The van der Waals surface area contributed by atoms with Crippen molar-refractivity contribution in [1.82, 2.24) is 4.90 Å². The van der Waals surface area contributed by atoms with E-state index in [0.29, 0.717) is 0 Å². The van der Waals surface area contributed by atoms with Gasteiger partial charge in [0.1, 0.15) is 0 Å². The highest BCUT2D eigenvalue weighted by Crippen LogP contribution is 2.34. The SMILES string of the molecule is CSC1CC2CCCN2CC1C. The fourth-order valence-electron chi connectivity index (χ4n) is 2.72. The molecule has 2 aliphatic heterocycles. The van der Waals surface area contributed by atoms with Crippen molar-refractivity contribution in [3.05, 3.63) is 0 Å². The molecule has 0 saturated carbocycles. The summed E-state index contributed by atoms with van der Waals surface area (Å²) in [6, 6.07) is 0.943. The lowest BCUT2D eigenvalue weighted by atomic mass is 9.94. The number of fused-ring (bicyclic) bond motifs is 1. The molecule has 0 bridgehead atoms. The third-order valence-corrected chi connectivity index (χ3v) is 4.73. The standard InChI is InChI=1S/C10H19NS/c1-8-7-11-5-3-4-9(11)6-10(8)12-2/h8-10H,3-7H2,1-2H3. The first kappa shape index (κ1) is 8.89. The minimum Gasteiger partial charge on any atom is -0.300 e. The Balaban J connectivity index is 1.98. The van der Waals surface area contributed by atoms with Gasteiger partial charge in [-0.1, -0.05) is 6.92 Å². The van der Waals surface area contributed by atoms with Crippen LogP contribution in [0.25, 0.3) is 0 Å². The van der Waals surface area contributed by atoms with Gasteiger partial charge in [0.15, 0.2) is 0 Å². The molecule has 0 aromatic rings. The van der Waals surface area contributed by atoms with Gasteiger partial charge in [0.25, 0.3) is 0 Å². The Kier molecular flexibility index (Phi) is 2.66. The van der Waals surface area contributed by atoms with Crippen LogP contribution in [-0.2, 0) is 0 Å². The average Bonchev–Trinajstić information content (AvgIpc) is 2.49. The smallest absolute Gasteiger partial charge is 0.0106 e. The lowest BCUT2D eigenvalue weighted by Crippen LogP contribution is -2.44. The highest BCUT2D eigenvalue weighted by molar-refractivity contribution is 7.99. The Morgan fingerprint density at radius 2 is 2.25 bits per heavy atom. The molecule has 0 radical (unpaired) electrons. The van der Waals surface area contributed by atoms with Crippen molar-refractivity contribution in [3.63, 3.8) is 0 Å². The molecule has 0 aliphatic carbocycles. The van der Waals surface area contributed by atoms with Crippen LogP contribution >= 0.6 is 11.8 Å². The summed E-state index contributed by atoms with van der Waals surface area (Å²) in [5, 5.41) is 0.935. The summed E-state index contributed by atoms with van der Waals surface area (Å²) in [6.07, 6.45) is 6.62. The van der Waals surface area contributed by atoms with Crippen LogP contribution in [0.2, 0.25) is 0 Å². The van der Waals surface area contributed by atoms with Crippen molar-refractivity contribution in [2.24, 2.45) is 5.92 Å². The van der Waals surface area contributed by atoms with Gasteiger partial charge in [0, 0.05) is 17.8 Å². The van der Waals surface area contributed by atoms with E-state index in [9.17, 15) is 0 Å². The largest absolute Gasteiger partial charge is 0.300 e. The highest BCUT2D eigenvalue weighted by atomic mass is 32.2. The predicted octanol–water partition coefficient (Wildman–Crippen LogP) is 2.22. The average molecular weight is 185 g/mol. The van der Waals surface area contributed by atoms with E-state index in [2.05, 4.69) is 29.8 Å². The molecule has 2 fully saturated rings. The second kappa shape index (κ2) is 3.59. The number of piperidine rings is 1. The summed E-state index contributed by atoms with van der Waals surface area (Å²) in [4.78, 5) is 2.71. The van der Waals surface area contributed by atoms with Crippen LogP contribution in [0, 0.1) is 5.92 Å². The van der Waals surface area contributed by atoms with E-state index in [1.54, 1.807) is 0 Å². The van der Waals surface area contributed by atoms with Crippen LogP contribution in [0.1, 0.15) is 26.2 Å². The van der Waals surface area contributed by atoms with Crippen LogP contribution in [-0.4, -0.2) is 35.5 Å². The number of hydrogen-bond acceptors (Lipinski definition) is 2. The molecule has 0 N–H and O–H groups in total. The maximum absolute atomic E-state index is 2.71. The summed E-state index contributed by atoms with van der Waals surface area (Å²) in [6.45, 7) is 5.14. The Hall–Kier alpha value is 0.310. The molecule has 1 nitrogen and oxygen atoms in total. The molecule has 2 heteroatoms. The van der Waals surface area contributed by atoms with Crippen LogP contribution in [0.3, 0.4) is 0 Å². The van der Waals surface area contributed by atoms with Gasteiger partial charge in [-0.25, -0.2) is 0 Å². The van der Waals surface area contributed by atoms with E-state index >= 15 is 0 Å². The molecular formula is C10H19NS. The molecule has 2 saturated heterocycles. The van der Waals surface area contributed by atoms with Gasteiger partial charge in [-0.2, -0.15) is 11.8 Å². The van der Waals surface area contributed by atoms with E-state index in [1.807, 2.05) is 0 Å². The van der Waals surface area contributed by atoms with Crippen molar-refractivity contribution in [2.75, 3.05) is 19.3 Å². The maximum atomic E-state index is 2.71. The summed E-state index contributed by atoms with van der Waals surface area (Å²) in [5.41, 5.74) is 0. The van der Waals surface area contributed by atoms with E-state index in [0.717, 1.165) is 17.2 Å². The first-order valence-electron chi connectivity index (χ1n) is 5.08. The van der Waals surface area contributed by atoms with Crippen LogP contribution in [0.4, 0.5) is 0 Å². The van der Waals surface area contributed by atoms with Crippen molar-refractivity contribution in [3.8, 4) is 0 Å². The van der Waals surface area contributed by atoms with Crippen molar-refractivity contribution < 1.29 is 0 Å². The Bertz CT molecular complexity index is 160. The number of hydrogen-bond donors (Lipinski definition) is 0. The monoisotopic (exact) mass is 185 g/mol. The second-order valence-electron chi connectivity index (χ2n) is 4.28. The molecule has 0 aromatic carbocycles. The van der Waals surface area contributed by atoms with Gasteiger partial charge in [-0.05, 0) is 38.0 Å². The summed E-state index contributed by atoms with van der Waals surface area (Å²) in [7, 11) is 0. The van der Waals surface area contributed by atoms with Crippen molar-refractivity contribution >= 4 is 11.8 Å². The summed E-state index contributed by atoms with van der Waals surface area (Å²) in [5.74, 6) is 0.911. The lowest BCUT2D eigenvalue weighted by molar-refractivity contribution is 0.161.